The third-order valence-electron chi connectivity index (χ3n) is 3.64. The number of rotatable bonds is 3. The van der Waals surface area contributed by atoms with Crippen molar-refractivity contribution < 1.29 is 13.2 Å². The maximum absolute atomic E-state index is 12.6. The molecule has 2 fully saturated rings. The molecule has 18 heavy (non-hydrogen) atoms. The van der Waals surface area contributed by atoms with Gasteiger partial charge in [-0.3, -0.25) is 0 Å². The lowest BCUT2D eigenvalue weighted by atomic mass is 10.1. The average Bonchev–Trinajstić information content (AvgIpc) is 2.39. The van der Waals surface area contributed by atoms with E-state index < -0.39 is 10.2 Å². The first kappa shape index (κ1) is 14.5. The molecular formula is C11H21ClN2O3S. The summed E-state index contributed by atoms with van der Waals surface area (Å²) in [5.41, 5.74) is 0. The summed E-state index contributed by atoms with van der Waals surface area (Å²) in [6.45, 7) is 3.84. The molecule has 2 heterocycles. The van der Waals surface area contributed by atoms with Crippen LogP contribution >= 0.6 is 11.6 Å². The van der Waals surface area contributed by atoms with E-state index in [2.05, 4.69) is 0 Å². The molecule has 0 amide bonds. The first-order chi connectivity index (χ1) is 8.55. The summed E-state index contributed by atoms with van der Waals surface area (Å²) in [7, 11) is -3.35. The van der Waals surface area contributed by atoms with Crippen molar-refractivity contribution in [1.82, 2.24) is 8.61 Å². The summed E-state index contributed by atoms with van der Waals surface area (Å²) in [4.78, 5) is 0. The van der Waals surface area contributed by atoms with Gasteiger partial charge in [0.2, 0.25) is 0 Å². The Morgan fingerprint density at radius 3 is 2.78 bits per heavy atom. The fourth-order valence-corrected chi connectivity index (χ4v) is 4.62. The molecule has 0 N–H and O–H groups in total. The Hall–Kier alpha value is 0.120. The summed E-state index contributed by atoms with van der Waals surface area (Å²) >= 11 is 5.75. The maximum atomic E-state index is 12.6. The lowest BCUT2D eigenvalue weighted by Crippen LogP contribution is -2.54. The van der Waals surface area contributed by atoms with Crippen LogP contribution in [0.3, 0.4) is 0 Å². The number of morpholine rings is 1. The number of hydrogen-bond donors (Lipinski definition) is 0. The lowest BCUT2D eigenvalue weighted by molar-refractivity contribution is 0.00947. The van der Waals surface area contributed by atoms with Crippen LogP contribution in [0, 0.1) is 0 Å². The van der Waals surface area contributed by atoms with Gasteiger partial charge >= 0.3 is 0 Å². The lowest BCUT2D eigenvalue weighted by Gasteiger charge is -2.39. The van der Waals surface area contributed by atoms with Crippen molar-refractivity contribution in [3.8, 4) is 0 Å². The van der Waals surface area contributed by atoms with Gasteiger partial charge in [-0.2, -0.15) is 17.0 Å². The molecule has 0 saturated carbocycles. The van der Waals surface area contributed by atoms with Crippen LogP contribution in [0.2, 0.25) is 0 Å². The van der Waals surface area contributed by atoms with Crippen LogP contribution in [0.4, 0.5) is 0 Å². The molecular weight excluding hydrogens is 276 g/mol. The summed E-state index contributed by atoms with van der Waals surface area (Å²) in [5, 5.41) is 0. The fraction of sp³-hybridized carbons (Fsp3) is 1.00. The zero-order valence-corrected chi connectivity index (χ0v) is 12.3. The van der Waals surface area contributed by atoms with Gasteiger partial charge in [0.05, 0.1) is 12.7 Å². The maximum Gasteiger partial charge on any atom is 0.282 e. The second-order valence-corrected chi connectivity index (χ2v) is 7.16. The second-order valence-electron chi connectivity index (χ2n) is 4.97. The second kappa shape index (κ2) is 6.05. The average molecular weight is 297 g/mol. The zero-order chi connectivity index (χ0) is 13.2. The summed E-state index contributed by atoms with van der Waals surface area (Å²) < 4.78 is 33.7. The van der Waals surface area contributed by atoms with E-state index in [1.807, 2.05) is 6.92 Å². The molecule has 2 aliphatic heterocycles. The number of halogens is 1. The van der Waals surface area contributed by atoms with E-state index in [1.54, 1.807) is 4.31 Å². The van der Waals surface area contributed by atoms with E-state index >= 15 is 0 Å². The van der Waals surface area contributed by atoms with Gasteiger partial charge in [0.15, 0.2) is 0 Å². The standard InChI is InChI=1S/C11H21ClN2O3S/c1-10-4-2-3-5-14(10)18(15,16)13-6-7-17-11(8-12)9-13/h10-11H,2-9H2,1H3. The van der Waals surface area contributed by atoms with Crippen LogP contribution in [-0.4, -0.2) is 61.3 Å². The molecule has 2 rings (SSSR count). The Morgan fingerprint density at radius 1 is 1.33 bits per heavy atom. The van der Waals surface area contributed by atoms with Crippen molar-refractivity contribution in [2.75, 3.05) is 32.1 Å². The Kier molecular flexibility index (Phi) is 4.88. The number of ether oxygens (including phenoxy) is 1. The van der Waals surface area contributed by atoms with Gasteiger partial charge in [-0.1, -0.05) is 6.42 Å². The van der Waals surface area contributed by atoms with Crippen molar-refractivity contribution in [1.29, 1.82) is 0 Å². The molecule has 0 aliphatic carbocycles. The highest BCUT2D eigenvalue weighted by molar-refractivity contribution is 7.86. The van der Waals surface area contributed by atoms with Gasteiger partial charge in [0.25, 0.3) is 10.2 Å². The molecule has 2 aliphatic rings. The Morgan fingerprint density at radius 2 is 2.11 bits per heavy atom. The van der Waals surface area contributed by atoms with Gasteiger partial charge in [-0.15, -0.1) is 11.6 Å². The summed E-state index contributed by atoms with van der Waals surface area (Å²) in [5.74, 6) is 0.335. The van der Waals surface area contributed by atoms with Crippen LogP contribution in [0.25, 0.3) is 0 Å². The highest BCUT2D eigenvalue weighted by Gasteiger charge is 2.37. The SMILES string of the molecule is CC1CCCCN1S(=O)(=O)N1CCOC(CCl)C1. The minimum Gasteiger partial charge on any atom is -0.374 e. The number of alkyl halides is 1. The molecule has 0 aromatic carbocycles. The molecule has 0 aromatic rings. The Labute approximate surface area is 114 Å². The third-order valence-corrected chi connectivity index (χ3v) is 6.10. The van der Waals surface area contributed by atoms with Crippen molar-refractivity contribution in [2.24, 2.45) is 0 Å². The fourth-order valence-electron chi connectivity index (χ4n) is 2.56. The van der Waals surface area contributed by atoms with Crippen molar-refractivity contribution in [3.05, 3.63) is 0 Å². The van der Waals surface area contributed by atoms with Crippen molar-refractivity contribution in [2.45, 2.75) is 38.3 Å². The molecule has 106 valence electrons. The molecule has 5 nitrogen and oxygen atoms in total. The van der Waals surface area contributed by atoms with Gasteiger partial charge < -0.3 is 4.74 Å². The van der Waals surface area contributed by atoms with Gasteiger partial charge in [-0.25, -0.2) is 0 Å². The molecule has 0 bridgehead atoms. The minimum atomic E-state index is -3.35. The van der Waals surface area contributed by atoms with E-state index in [-0.39, 0.29) is 12.1 Å². The molecule has 2 unspecified atom stereocenters. The van der Waals surface area contributed by atoms with Crippen molar-refractivity contribution in [3.63, 3.8) is 0 Å². The van der Waals surface area contributed by atoms with E-state index in [1.165, 1.54) is 4.31 Å². The first-order valence-electron chi connectivity index (χ1n) is 6.50. The predicted molar refractivity (Wildman–Crippen MR) is 71.0 cm³/mol. The van der Waals surface area contributed by atoms with Gasteiger partial charge in [-0.05, 0) is 19.8 Å². The molecule has 0 spiro atoms. The molecule has 0 aromatic heterocycles. The van der Waals surface area contributed by atoms with Crippen molar-refractivity contribution >= 4 is 21.8 Å². The summed E-state index contributed by atoms with van der Waals surface area (Å²) in [6, 6.07) is 0.0982. The predicted octanol–water partition coefficient (Wildman–Crippen LogP) is 1.05. The molecule has 2 atom stereocenters. The van der Waals surface area contributed by atoms with Crippen LogP contribution in [-0.2, 0) is 14.9 Å². The van der Waals surface area contributed by atoms with Crippen LogP contribution in [0.1, 0.15) is 26.2 Å². The van der Waals surface area contributed by atoms with E-state index in [4.69, 9.17) is 16.3 Å². The normalized spacial score (nSPS) is 32.6. The number of piperidine rings is 1. The zero-order valence-electron chi connectivity index (χ0n) is 10.7. The number of nitrogens with zero attached hydrogens (tertiary/aromatic N) is 2. The smallest absolute Gasteiger partial charge is 0.282 e. The monoisotopic (exact) mass is 296 g/mol. The van der Waals surface area contributed by atoms with E-state index in [0.29, 0.717) is 32.1 Å². The minimum absolute atomic E-state index is 0.0982. The van der Waals surface area contributed by atoms with Gasteiger partial charge in [0, 0.05) is 31.6 Å². The largest absolute Gasteiger partial charge is 0.374 e. The van der Waals surface area contributed by atoms with E-state index in [0.717, 1.165) is 19.3 Å². The van der Waals surface area contributed by atoms with E-state index in [9.17, 15) is 8.42 Å². The molecule has 0 radical (unpaired) electrons. The van der Waals surface area contributed by atoms with Crippen LogP contribution < -0.4 is 0 Å². The van der Waals surface area contributed by atoms with Gasteiger partial charge in [0.1, 0.15) is 0 Å². The number of hydrogen-bond acceptors (Lipinski definition) is 3. The highest BCUT2D eigenvalue weighted by Crippen LogP contribution is 2.23. The first-order valence-corrected chi connectivity index (χ1v) is 8.43. The Balaban J connectivity index is 2.09. The van der Waals surface area contributed by atoms with Crippen LogP contribution in [0.15, 0.2) is 0 Å². The highest BCUT2D eigenvalue weighted by atomic mass is 35.5. The van der Waals surface area contributed by atoms with Crippen LogP contribution in [0.5, 0.6) is 0 Å². The molecule has 2 saturated heterocycles. The topological polar surface area (TPSA) is 49.9 Å². The summed E-state index contributed by atoms with van der Waals surface area (Å²) in [6.07, 6.45) is 2.82. The Bertz CT molecular complexity index is 376. The molecule has 7 heteroatoms. The quantitative estimate of drug-likeness (QED) is 0.731. The third kappa shape index (κ3) is 2.99.